The minimum absolute atomic E-state index is 0.150. The number of para-hydroxylation sites is 1. The van der Waals surface area contributed by atoms with Crippen molar-refractivity contribution in [1.82, 2.24) is 15.0 Å². The van der Waals surface area contributed by atoms with Crippen molar-refractivity contribution < 1.29 is 13.2 Å². The molecule has 2 heterocycles. The number of hydrazine groups is 1. The predicted octanol–water partition coefficient (Wildman–Crippen LogP) is 2.73. The highest BCUT2D eigenvalue weighted by Crippen LogP contribution is 2.26. The molecular weight excluding hydrogens is 468 g/mol. The molecule has 1 aromatic heterocycles. The zero-order valence-electron chi connectivity index (χ0n) is 18.5. The van der Waals surface area contributed by atoms with Gasteiger partial charge in [-0.1, -0.05) is 24.3 Å². The lowest BCUT2D eigenvalue weighted by Gasteiger charge is -2.14. The van der Waals surface area contributed by atoms with Crippen LogP contribution in [0.5, 0.6) is 0 Å². The Kier molecular flexibility index (Phi) is 5.53. The molecule has 1 amide bonds. The number of nitrogens with zero attached hydrogens (tertiary/aromatic N) is 3. The molecule has 1 aliphatic rings. The van der Waals surface area contributed by atoms with Crippen LogP contribution in [-0.2, 0) is 16.6 Å². The number of carbonyl (C=O) groups excluding carboxylic acids is 1. The lowest BCUT2D eigenvalue weighted by molar-refractivity contribution is 0.0962. The van der Waals surface area contributed by atoms with Crippen molar-refractivity contribution in [3.8, 4) is 0 Å². The summed E-state index contributed by atoms with van der Waals surface area (Å²) >= 11 is 0. The van der Waals surface area contributed by atoms with Crippen molar-refractivity contribution in [3.05, 3.63) is 94.3 Å². The minimum Gasteiger partial charge on any atom is -0.339 e. The first-order valence-electron chi connectivity index (χ1n) is 10.7. The van der Waals surface area contributed by atoms with E-state index in [2.05, 4.69) is 25.6 Å². The molecule has 3 aromatic carbocycles. The minimum atomic E-state index is -3.73. The monoisotopic (exact) mass is 488 g/mol. The highest BCUT2D eigenvalue weighted by Gasteiger charge is 2.28. The smallest absolute Gasteiger partial charge is 0.285 e. The number of nitrogens with one attached hydrogen (secondary N) is 3. The molecule has 0 fully saturated rings. The Morgan fingerprint density at radius 3 is 2.46 bits per heavy atom. The Bertz CT molecular complexity index is 1660. The van der Waals surface area contributed by atoms with Crippen LogP contribution in [0.4, 0.5) is 11.6 Å². The summed E-state index contributed by atoms with van der Waals surface area (Å²) in [6.07, 6.45) is 0. The van der Waals surface area contributed by atoms with Gasteiger partial charge in [-0.2, -0.15) is 8.42 Å². The number of sulfonamides is 1. The van der Waals surface area contributed by atoms with Gasteiger partial charge in [-0.15, -0.1) is 4.40 Å². The molecule has 0 radical (unpaired) electrons. The van der Waals surface area contributed by atoms with Crippen LogP contribution in [0.1, 0.15) is 22.8 Å². The molecule has 0 unspecified atom stereocenters. The molecule has 10 nitrogen and oxygen atoms in total. The Hall–Kier alpha value is -4.51. The van der Waals surface area contributed by atoms with Crippen molar-refractivity contribution in [3.63, 3.8) is 0 Å². The molecule has 0 spiro atoms. The fourth-order valence-electron chi connectivity index (χ4n) is 3.78. The number of anilines is 2. The molecule has 176 valence electrons. The van der Waals surface area contributed by atoms with Gasteiger partial charge in [0.15, 0.2) is 5.84 Å². The number of fused-ring (bicyclic) bond motifs is 2. The van der Waals surface area contributed by atoms with Crippen LogP contribution >= 0.6 is 0 Å². The van der Waals surface area contributed by atoms with Crippen LogP contribution in [0.3, 0.4) is 0 Å². The SMILES string of the molecule is CCn1c(NNC(=O)c2ccc(NC3=NS(=O)(=O)c4ccccc43)cc2)nc2ccccc2c1=O. The van der Waals surface area contributed by atoms with Gasteiger partial charge in [-0.3, -0.25) is 25.0 Å². The van der Waals surface area contributed by atoms with Crippen LogP contribution in [0, 0.1) is 0 Å². The number of amidine groups is 1. The van der Waals surface area contributed by atoms with E-state index in [-0.39, 0.29) is 22.2 Å². The van der Waals surface area contributed by atoms with E-state index < -0.39 is 15.9 Å². The van der Waals surface area contributed by atoms with Gasteiger partial charge < -0.3 is 5.32 Å². The van der Waals surface area contributed by atoms with Crippen LogP contribution < -0.4 is 21.7 Å². The van der Waals surface area contributed by atoms with Crippen molar-refractivity contribution in [1.29, 1.82) is 0 Å². The number of aromatic nitrogens is 2. The largest absolute Gasteiger partial charge is 0.339 e. The number of rotatable bonds is 5. The molecule has 0 bridgehead atoms. The van der Waals surface area contributed by atoms with E-state index in [0.717, 1.165) is 0 Å². The van der Waals surface area contributed by atoms with Crippen molar-refractivity contribution in [2.45, 2.75) is 18.4 Å². The van der Waals surface area contributed by atoms with Crippen LogP contribution in [0.2, 0.25) is 0 Å². The van der Waals surface area contributed by atoms with E-state index in [1.165, 1.54) is 10.6 Å². The maximum absolute atomic E-state index is 12.7. The van der Waals surface area contributed by atoms with Gasteiger partial charge in [0.1, 0.15) is 4.90 Å². The summed E-state index contributed by atoms with van der Waals surface area (Å²) in [4.78, 5) is 30.0. The van der Waals surface area contributed by atoms with Gasteiger partial charge in [-0.25, -0.2) is 4.98 Å². The molecule has 0 saturated heterocycles. The zero-order chi connectivity index (χ0) is 24.6. The second kappa shape index (κ2) is 8.69. The quantitative estimate of drug-likeness (QED) is 0.368. The second-order valence-corrected chi connectivity index (χ2v) is 9.27. The Balaban J connectivity index is 1.31. The summed E-state index contributed by atoms with van der Waals surface area (Å²) in [6, 6.07) is 20.0. The average Bonchev–Trinajstić information content (AvgIpc) is 3.13. The van der Waals surface area contributed by atoms with Crippen LogP contribution in [0.15, 0.2) is 86.9 Å². The summed E-state index contributed by atoms with van der Waals surface area (Å²) in [5.74, 6) is 0.00841. The summed E-state index contributed by atoms with van der Waals surface area (Å²) < 4.78 is 29.7. The molecule has 0 saturated carbocycles. The molecule has 5 rings (SSSR count). The third-order valence-corrected chi connectivity index (χ3v) is 6.84. The molecule has 11 heteroatoms. The normalized spacial score (nSPS) is 13.7. The third kappa shape index (κ3) is 4.13. The van der Waals surface area contributed by atoms with Gasteiger partial charge in [0, 0.05) is 23.4 Å². The van der Waals surface area contributed by atoms with E-state index in [4.69, 9.17) is 0 Å². The fourth-order valence-corrected chi connectivity index (χ4v) is 4.96. The van der Waals surface area contributed by atoms with Gasteiger partial charge in [0.05, 0.1) is 10.9 Å². The third-order valence-electron chi connectivity index (χ3n) is 5.51. The topological polar surface area (TPSA) is 135 Å². The highest BCUT2D eigenvalue weighted by atomic mass is 32.2. The fraction of sp³-hybridized carbons (Fsp3) is 0.0833. The molecule has 0 aliphatic carbocycles. The lowest BCUT2D eigenvalue weighted by atomic mass is 10.1. The van der Waals surface area contributed by atoms with Gasteiger partial charge in [-0.05, 0) is 55.5 Å². The maximum atomic E-state index is 12.7. The first-order chi connectivity index (χ1) is 16.9. The zero-order valence-corrected chi connectivity index (χ0v) is 19.3. The highest BCUT2D eigenvalue weighted by molar-refractivity contribution is 7.90. The Morgan fingerprint density at radius 2 is 1.69 bits per heavy atom. The molecule has 0 atom stereocenters. The number of hydrogen-bond acceptors (Lipinski definition) is 7. The average molecular weight is 489 g/mol. The molecule has 4 aromatic rings. The van der Waals surface area contributed by atoms with Crippen LogP contribution in [-0.4, -0.2) is 29.7 Å². The van der Waals surface area contributed by atoms with Crippen molar-refractivity contribution in [2.75, 3.05) is 10.7 Å². The summed E-state index contributed by atoms with van der Waals surface area (Å²) in [5.41, 5.74) is 7.02. The Morgan fingerprint density at radius 1 is 0.971 bits per heavy atom. The predicted molar refractivity (Wildman–Crippen MR) is 133 cm³/mol. The standard InChI is InChI=1S/C24H20N6O4S/c1-2-30-23(32)17-7-3-5-9-19(17)26-24(30)28-27-22(31)15-11-13-16(14-12-15)25-21-18-8-4-6-10-20(18)35(33,34)29-21/h3-14H,2H2,1H3,(H,25,29)(H,26,28)(H,27,31). The molecule has 35 heavy (non-hydrogen) atoms. The first kappa shape index (κ1) is 22.3. The number of hydrogen-bond donors (Lipinski definition) is 3. The molecule has 1 aliphatic heterocycles. The lowest BCUT2D eigenvalue weighted by Crippen LogP contribution is -2.34. The number of benzene rings is 3. The van der Waals surface area contributed by atoms with Crippen molar-refractivity contribution >= 4 is 44.3 Å². The van der Waals surface area contributed by atoms with Gasteiger partial charge in [0.2, 0.25) is 5.95 Å². The maximum Gasteiger partial charge on any atom is 0.285 e. The van der Waals surface area contributed by atoms with E-state index in [9.17, 15) is 18.0 Å². The number of carbonyl (C=O) groups is 1. The van der Waals surface area contributed by atoms with Gasteiger partial charge >= 0.3 is 0 Å². The van der Waals surface area contributed by atoms with E-state index in [0.29, 0.717) is 34.3 Å². The Labute approximate surface area is 200 Å². The molecule has 3 N–H and O–H groups in total. The van der Waals surface area contributed by atoms with Gasteiger partial charge in [0.25, 0.3) is 21.5 Å². The second-order valence-electron chi connectivity index (χ2n) is 7.69. The summed E-state index contributed by atoms with van der Waals surface area (Å²) in [6.45, 7) is 2.19. The first-order valence-corrected chi connectivity index (χ1v) is 12.2. The van der Waals surface area contributed by atoms with Crippen molar-refractivity contribution in [2.24, 2.45) is 4.40 Å². The van der Waals surface area contributed by atoms with Crippen LogP contribution in [0.25, 0.3) is 10.9 Å². The van der Waals surface area contributed by atoms with E-state index in [1.807, 2.05) is 6.92 Å². The summed E-state index contributed by atoms with van der Waals surface area (Å²) in [7, 11) is -3.73. The summed E-state index contributed by atoms with van der Waals surface area (Å²) in [5, 5.41) is 3.49. The molecular formula is C24H20N6O4S. The van der Waals surface area contributed by atoms with E-state index in [1.54, 1.807) is 66.7 Å². The van der Waals surface area contributed by atoms with E-state index >= 15 is 0 Å². The number of amides is 1.